The van der Waals surface area contributed by atoms with Gasteiger partial charge in [-0.2, -0.15) is 0 Å². The zero-order valence-corrected chi connectivity index (χ0v) is 16.8. The second-order valence-electron chi connectivity index (χ2n) is 6.65. The maximum Gasteiger partial charge on any atom is 0.296 e. The van der Waals surface area contributed by atoms with Gasteiger partial charge in [0, 0.05) is 16.9 Å². The predicted molar refractivity (Wildman–Crippen MR) is 113 cm³/mol. The van der Waals surface area contributed by atoms with E-state index in [1.807, 2.05) is 13.8 Å². The molecule has 148 valence electrons. The third kappa shape index (κ3) is 5.08. The number of benzene rings is 3. The molecule has 0 spiro atoms. The van der Waals surface area contributed by atoms with Crippen LogP contribution < -0.4 is 10.0 Å². The van der Waals surface area contributed by atoms with Gasteiger partial charge in [0.1, 0.15) is 0 Å². The van der Waals surface area contributed by atoms with E-state index < -0.39 is 21.7 Å². The largest absolute Gasteiger partial charge is 0.319 e. The van der Waals surface area contributed by atoms with E-state index in [0.717, 1.165) is 11.1 Å². The van der Waals surface area contributed by atoms with Crippen molar-refractivity contribution in [2.75, 3.05) is 10.0 Å². The summed E-state index contributed by atoms with van der Waals surface area (Å²) < 4.78 is 27.3. The third-order valence-electron chi connectivity index (χ3n) is 4.25. The highest BCUT2D eigenvalue weighted by Crippen LogP contribution is 2.19. The monoisotopic (exact) mass is 408 g/mol. The lowest BCUT2D eigenvalue weighted by atomic mass is 10.1. The van der Waals surface area contributed by atoms with Crippen molar-refractivity contribution < 1.29 is 18.0 Å². The molecule has 0 aliphatic rings. The van der Waals surface area contributed by atoms with Gasteiger partial charge in [-0.25, -0.2) is 8.42 Å². The van der Waals surface area contributed by atoms with E-state index in [1.165, 1.54) is 36.4 Å². The van der Waals surface area contributed by atoms with E-state index in [2.05, 4.69) is 10.0 Å². The topological polar surface area (TPSA) is 92.3 Å². The molecule has 7 heteroatoms. The number of carbonyl (C=O) groups excluding carboxylic acids is 2. The van der Waals surface area contributed by atoms with Crippen LogP contribution in [0.3, 0.4) is 0 Å². The van der Waals surface area contributed by atoms with Gasteiger partial charge >= 0.3 is 0 Å². The molecule has 0 radical (unpaired) electrons. The van der Waals surface area contributed by atoms with Crippen LogP contribution in [-0.2, 0) is 14.8 Å². The molecule has 3 aromatic rings. The van der Waals surface area contributed by atoms with Crippen molar-refractivity contribution >= 4 is 33.1 Å². The summed E-state index contributed by atoms with van der Waals surface area (Å²) >= 11 is 0. The summed E-state index contributed by atoms with van der Waals surface area (Å²) in [5.74, 6) is -1.41. The molecule has 2 N–H and O–H groups in total. The third-order valence-corrected chi connectivity index (χ3v) is 5.64. The number of anilines is 2. The second kappa shape index (κ2) is 8.28. The lowest BCUT2D eigenvalue weighted by Crippen LogP contribution is -2.22. The average molecular weight is 408 g/mol. The molecule has 0 atom stereocenters. The standard InChI is InChI=1S/C22H20N2O4S/c1-15-3-7-17(8-4-15)21(25)22(26)23-18-9-11-19(12-10-18)24-29(27,28)20-13-5-16(2)6-14-20/h3-14,24H,1-2H3,(H,23,26). The van der Waals surface area contributed by atoms with Gasteiger partial charge in [0.15, 0.2) is 0 Å². The molecule has 0 saturated heterocycles. The van der Waals surface area contributed by atoms with Crippen molar-refractivity contribution in [2.24, 2.45) is 0 Å². The maximum absolute atomic E-state index is 12.4. The highest BCUT2D eigenvalue weighted by atomic mass is 32.2. The van der Waals surface area contributed by atoms with Gasteiger partial charge in [0.2, 0.25) is 0 Å². The summed E-state index contributed by atoms with van der Waals surface area (Å²) in [5.41, 5.74) is 2.98. The summed E-state index contributed by atoms with van der Waals surface area (Å²) in [5, 5.41) is 2.52. The van der Waals surface area contributed by atoms with Crippen LogP contribution in [0.4, 0.5) is 11.4 Å². The molecule has 0 heterocycles. The molecule has 6 nitrogen and oxygen atoms in total. The average Bonchev–Trinajstić information content (AvgIpc) is 2.69. The molecule has 0 bridgehead atoms. The van der Waals surface area contributed by atoms with Gasteiger partial charge in [-0.05, 0) is 50.2 Å². The molecular formula is C22H20N2O4S. The minimum Gasteiger partial charge on any atom is -0.319 e. The summed E-state index contributed by atoms with van der Waals surface area (Å²) in [6.45, 7) is 3.77. The van der Waals surface area contributed by atoms with Crippen LogP contribution in [0.2, 0.25) is 0 Å². The Hall–Kier alpha value is -3.45. The van der Waals surface area contributed by atoms with E-state index >= 15 is 0 Å². The number of hydrogen-bond donors (Lipinski definition) is 2. The molecular weight excluding hydrogens is 388 g/mol. The number of Topliss-reactive ketones (excluding diaryl/α,β-unsaturated/α-hetero) is 1. The Kier molecular flexibility index (Phi) is 5.79. The van der Waals surface area contributed by atoms with Crippen LogP contribution in [0, 0.1) is 13.8 Å². The van der Waals surface area contributed by atoms with Crippen LogP contribution in [0.1, 0.15) is 21.5 Å². The quantitative estimate of drug-likeness (QED) is 0.478. The fourth-order valence-corrected chi connectivity index (χ4v) is 3.64. The zero-order valence-electron chi connectivity index (χ0n) is 16.0. The van der Waals surface area contributed by atoms with Crippen LogP contribution >= 0.6 is 0 Å². The minimum atomic E-state index is -3.71. The first-order chi connectivity index (χ1) is 13.7. The Balaban J connectivity index is 1.66. The van der Waals surface area contributed by atoms with Gasteiger partial charge in [-0.15, -0.1) is 0 Å². The Bertz CT molecular complexity index is 1130. The van der Waals surface area contributed by atoms with Crippen LogP contribution in [0.5, 0.6) is 0 Å². The van der Waals surface area contributed by atoms with Crippen LogP contribution in [-0.4, -0.2) is 20.1 Å². The van der Waals surface area contributed by atoms with Gasteiger partial charge < -0.3 is 5.32 Å². The number of rotatable bonds is 6. The van der Waals surface area contributed by atoms with Crippen molar-refractivity contribution in [1.82, 2.24) is 0 Å². The fraction of sp³-hybridized carbons (Fsp3) is 0.0909. The van der Waals surface area contributed by atoms with Crippen molar-refractivity contribution in [3.8, 4) is 0 Å². The molecule has 1 amide bonds. The second-order valence-corrected chi connectivity index (χ2v) is 8.33. The first-order valence-electron chi connectivity index (χ1n) is 8.86. The molecule has 0 saturated carbocycles. The maximum atomic E-state index is 12.4. The fourth-order valence-electron chi connectivity index (χ4n) is 2.58. The summed E-state index contributed by atoms with van der Waals surface area (Å²) in [4.78, 5) is 24.5. The molecule has 0 fully saturated rings. The lowest BCUT2D eigenvalue weighted by Gasteiger charge is -2.10. The number of ketones is 1. The minimum absolute atomic E-state index is 0.157. The zero-order chi connectivity index (χ0) is 21.0. The Morgan fingerprint density at radius 1 is 0.690 bits per heavy atom. The first-order valence-corrected chi connectivity index (χ1v) is 10.3. The van der Waals surface area contributed by atoms with E-state index in [1.54, 1.807) is 36.4 Å². The Morgan fingerprint density at radius 3 is 1.72 bits per heavy atom. The number of sulfonamides is 1. The van der Waals surface area contributed by atoms with Crippen LogP contribution in [0.25, 0.3) is 0 Å². The number of amides is 1. The lowest BCUT2D eigenvalue weighted by molar-refractivity contribution is -0.112. The molecule has 0 unspecified atom stereocenters. The normalized spacial score (nSPS) is 11.0. The predicted octanol–water partition coefficient (Wildman–Crippen LogP) is 3.93. The Labute approximate surface area is 169 Å². The highest BCUT2D eigenvalue weighted by Gasteiger charge is 2.17. The van der Waals surface area contributed by atoms with Gasteiger partial charge in [0.05, 0.1) is 4.90 Å². The molecule has 0 aliphatic heterocycles. The summed E-state index contributed by atoms with van der Waals surface area (Å²) in [6, 6.07) is 19.3. The van der Waals surface area contributed by atoms with E-state index in [4.69, 9.17) is 0 Å². The Morgan fingerprint density at radius 2 is 1.17 bits per heavy atom. The number of hydrogen-bond acceptors (Lipinski definition) is 4. The van der Waals surface area contributed by atoms with Crippen molar-refractivity contribution in [3.05, 3.63) is 89.5 Å². The van der Waals surface area contributed by atoms with E-state index in [0.29, 0.717) is 16.9 Å². The van der Waals surface area contributed by atoms with Crippen molar-refractivity contribution in [1.29, 1.82) is 0 Å². The smallest absolute Gasteiger partial charge is 0.296 e. The summed E-state index contributed by atoms with van der Waals surface area (Å²) in [7, 11) is -3.71. The molecule has 3 rings (SSSR count). The van der Waals surface area contributed by atoms with Crippen molar-refractivity contribution in [3.63, 3.8) is 0 Å². The van der Waals surface area contributed by atoms with E-state index in [9.17, 15) is 18.0 Å². The van der Waals surface area contributed by atoms with Crippen LogP contribution in [0.15, 0.2) is 77.7 Å². The molecule has 0 aliphatic carbocycles. The van der Waals surface area contributed by atoms with Gasteiger partial charge in [0.25, 0.3) is 21.7 Å². The SMILES string of the molecule is Cc1ccc(C(=O)C(=O)Nc2ccc(NS(=O)(=O)c3ccc(C)cc3)cc2)cc1. The number of aryl methyl sites for hydroxylation is 2. The first kappa shape index (κ1) is 20.3. The highest BCUT2D eigenvalue weighted by molar-refractivity contribution is 7.92. The molecule has 3 aromatic carbocycles. The molecule has 29 heavy (non-hydrogen) atoms. The van der Waals surface area contributed by atoms with Gasteiger partial charge in [-0.1, -0.05) is 47.5 Å². The number of nitrogens with one attached hydrogen (secondary N) is 2. The number of carbonyl (C=O) groups is 2. The van der Waals surface area contributed by atoms with E-state index in [-0.39, 0.29) is 4.90 Å². The van der Waals surface area contributed by atoms with Gasteiger partial charge in [-0.3, -0.25) is 14.3 Å². The van der Waals surface area contributed by atoms with Crippen molar-refractivity contribution in [2.45, 2.75) is 18.7 Å². The summed E-state index contributed by atoms with van der Waals surface area (Å²) in [6.07, 6.45) is 0. The molecule has 0 aromatic heterocycles.